The molecule has 2 unspecified atom stereocenters. The van der Waals surface area contributed by atoms with Gasteiger partial charge in [-0.05, 0) is 62.1 Å². The number of nitrogens with one attached hydrogen (secondary N) is 4. The van der Waals surface area contributed by atoms with Gasteiger partial charge in [0.25, 0.3) is 11.8 Å². The minimum Gasteiger partial charge on any atom is -0.345 e. The maximum Gasteiger partial charge on any atom is 0.253 e. The summed E-state index contributed by atoms with van der Waals surface area (Å²) in [6, 6.07) is 32.7. The Morgan fingerprint density at radius 2 is 0.841 bits per heavy atom. The summed E-state index contributed by atoms with van der Waals surface area (Å²) in [7, 11) is 0. The monoisotopic (exact) mass is 590 g/mol. The molecule has 4 N–H and O–H groups in total. The molecule has 0 saturated carbocycles. The molecule has 0 heterocycles. The second-order valence-corrected chi connectivity index (χ2v) is 10.6. The van der Waals surface area contributed by atoms with E-state index in [1.165, 1.54) is 0 Å². The first-order valence-electron chi connectivity index (χ1n) is 14.8. The zero-order valence-electron chi connectivity index (χ0n) is 25.0. The van der Waals surface area contributed by atoms with E-state index >= 15 is 0 Å². The first-order chi connectivity index (χ1) is 21.3. The molecule has 0 aliphatic carbocycles. The van der Waals surface area contributed by atoms with Crippen LogP contribution in [0.4, 0.5) is 11.4 Å². The predicted molar refractivity (Wildman–Crippen MR) is 173 cm³/mol. The molecule has 8 nitrogen and oxygen atoms in total. The van der Waals surface area contributed by atoms with E-state index in [1.807, 2.05) is 74.5 Å². The molecular formula is C36H38N4O4. The molecule has 44 heavy (non-hydrogen) atoms. The number of carbonyl (C=O) groups is 4. The molecule has 0 spiro atoms. The fraction of sp³-hybridized carbons (Fsp3) is 0.222. The fourth-order valence-electron chi connectivity index (χ4n) is 4.78. The van der Waals surface area contributed by atoms with E-state index in [0.29, 0.717) is 35.3 Å². The Balaban J connectivity index is 1.23. The Morgan fingerprint density at radius 3 is 1.23 bits per heavy atom. The van der Waals surface area contributed by atoms with Gasteiger partial charge >= 0.3 is 0 Å². The van der Waals surface area contributed by atoms with E-state index in [4.69, 9.17) is 0 Å². The van der Waals surface area contributed by atoms with E-state index in [0.717, 1.165) is 11.1 Å². The SMILES string of the molecule is CC(NC(=O)c1ccccc1NC(=O)CCCCC(=O)Nc1ccccc1C(=O)NC(C)c1ccccc1)c1ccccc1. The number of amides is 4. The van der Waals surface area contributed by atoms with Gasteiger partial charge in [-0.2, -0.15) is 0 Å². The maximum atomic E-state index is 13.0. The second kappa shape index (κ2) is 15.8. The average molecular weight is 591 g/mol. The summed E-state index contributed by atoms with van der Waals surface area (Å²) in [5, 5.41) is 11.6. The number of benzene rings is 4. The number of hydrogen-bond acceptors (Lipinski definition) is 4. The van der Waals surface area contributed by atoms with Gasteiger partial charge < -0.3 is 21.3 Å². The van der Waals surface area contributed by atoms with Crippen molar-refractivity contribution in [3.05, 3.63) is 131 Å². The lowest BCUT2D eigenvalue weighted by atomic mass is 10.1. The van der Waals surface area contributed by atoms with E-state index in [2.05, 4.69) is 21.3 Å². The van der Waals surface area contributed by atoms with Crippen LogP contribution in [0.1, 0.15) is 83.5 Å². The summed E-state index contributed by atoms with van der Waals surface area (Å²) in [5.74, 6) is -1.04. The van der Waals surface area contributed by atoms with Crippen LogP contribution in [0.5, 0.6) is 0 Å². The topological polar surface area (TPSA) is 116 Å². The molecule has 4 rings (SSSR count). The molecule has 4 aromatic rings. The molecule has 0 bridgehead atoms. The summed E-state index contributed by atoms with van der Waals surface area (Å²) >= 11 is 0. The number of unbranched alkanes of at least 4 members (excludes halogenated alkanes) is 1. The van der Waals surface area contributed by atoms with Gasteiger partial charge in [0.15, 0.2) is 0 Å². The number of hydrogen-bond donors (Lipinski definition) is 4. The van der Waals surface area contributed by atoms with Gasteiger partial charge in [-0.1, -0.05) is 84.9 Å². The molecule has 2 atom stereocenters. The van der Waals surface area contributed by atoms with Crippen molar-refractivity contribution >= 4 is 35.0 Å². The Hall–Kier alpha value is -5.24. The van der Waals surface area contributed by atoms with Gasteiger partial charge in [0.2, 0.25) is 11.8 Å². The van der Waals surface area contributed by atoms with Gasteiger partial charge in [-0.25, -0.2) is 0 Å². The summed E-state index contributed by atoms with van der Waals surface area (Å²) in [6.45, 7) is 3.81. The Labute approximate surface area is 258 Å². The van der Waals surface area contributed by atoms with E-state index in [1.54, 1.807) is 48.5 Å². The average Bonchev–Trinajstić information content (AvgIpc) is 3.04. The molecule has 0 aliphatic heterocycles. The Kier molecular flexibility index (Phi) is 11.4. The maximum absolute atomic E-state index is 13.0. The van der Waals surface area contributed by atoms with Crippen LogP contribution in [0.3, 0.4) is 0 Å². The number of carbonyl (C=O) groups excluding carboxylic acids is 4. The van der Waals surface area contributed by atoms with E-state index in [-0.39, 0.29) is 48.6 Å². The zero-order chi connectivity index (χ0) is 31.3. The molecular weight excluding hydrogens is 552 g/mol. The van der Waals surface area contributed by atoms with Crippen LogP contribution in [0.15, 0.2) is 109 Å². The third-order valence-electron chi connectivity index (χ3n) is 7.24. The standard InChI is InChI=1S/C36H38N4O4/c1-25(27-15-5-3-6-16-27)37-35(43)29-19-9-11-21-31(29)39-33(41)23-13-14-24-34(42)40-32-22-12-10-20-30(32)36(44)38-26(2)28-17-7-4-8-18-28/h3-12,15-22,25-26H,13-14,23-24H2,1-2H3,(H,37,43)(H,38,44)(H,39,41)(H,40,42). The van der Waals surface area contributed by atoms with Crippen molar-refractivity contribution in [1.29, 1.82) is 0 Å². The van der Waals surface area contributed by atoms with Gasteiger partial charge in [-0.3, -0.25) is 19.2 Å². The van der Waals surface area contributed by atoms with Gasteiger partial charge in [0, 0.05) is 12.8 Å². The fourth-order valence-corrected chi connectivity index (χ4v) is 4.78. The van der Waals surface area contributed by atoms with Crippen LogP contribution < -0.4 is 21.3 Å². The highest BCUT2D eigenvalue weighted by Gasteiger charge is 2.18. The lowest BCUT2D eigenvalue weighted by Crippen LogP contribution is -2.28. The molecule has 226 valence electrons. The highest BCUT2D eigenvalue weighted by Crippen LogP contribution is 2.20. The van der Waals surface area contributed by atoms with Crippen molar-refractivity contribution in [2.45, 2.75) is 51.6 Å². The van der Waals surface area contributed by atoms with Crippen molar-refractivity contribution in [2.24, 2.45) is 0 Å². The van der Waals surface area contributed by atoms with Crippen molar-refractivity contribution in [2.75, 3.05) is 10.6 Å². The summed E-state index contributed by atoms with van der Waals surface area (Å²) in [5.41, 5.74) is 3.59. The molecule has 0 aromatic heterocycles. The molecule has 0 fully saturated rings. The van der Waals surface area contributed by atoms with Crippen molar-refractivity contribution in [3.63, 3.8) is 0 Å². The van der Waals surface area contributed by atoms with Crippen LogP contribution in [-0.2, 0) is 9.59 Å². The number of rotatable bonds is 13. The van der Waals surface area contributed by atoms with Crippen LogP contribution in [0.2, 0.25) is 0 Å². The smallest absolute Gasteiger partial charge is 0.253 e. The lowest BCUT2D eigenvalue weighted by molar-refractivity contribution is -0.118. The van der Waals surface area contributed by atoms with Crippen molar-refractivity contribution in [3.8, 4) is 0 Å². The quantitative estimate of drug-likeness (QED) is 0.128. The highest BCUT2D eigenvalue weighted by atomic mass is 16.2. The van der Waals surface area contributed by atoms with Gasteiger partial charge in [-0.15, -0.1) is 0 Å². The van der Waals surface area contributed by atoms with E-state index < -0.39 is 0 Å². The normalized spacial score (nSPS) is 12.0. The van der Waals surface area contributed by atoms with Crippen LogP contribution in [-0.4, -0.2) is 23.6 Å². The zero-order valence-corrected chi connectivity index (χ0v) is 25.0. The van der Waals surface area contributed by atoms with Crippen molar-refractivity contribution < 1.29 is 19.2 Å². The molecule has 0 radical (unpaired) electrons. The largest absolute Gasteiger partial charge is 0.345 e. The van der Waals surface area contributed by atoms with Gasteiger partial charge in [0.1, 0.15) is 0 Å². The molecule has 4 amide bonds. The van der Waals surface area contributed by atoms with E-state index in [9.17, 15) is 19.2 Å². The predicted octanol–water partition coefficient (Wildman–Crippen LogP) is 6.81. The molecule has 4 aromatic carbocycles. The van der Waals surface area contributed by atoms with Crippen LogP contribution in [0, 0.1) is 0 Å². The third-order valence-corrected chi connectivity index (χ3v) is 7.24. The number of para-hydroxylation sites is 2. The second-order valence-electron chi connectivity index (χ2n) is 10.6. The molecule has 0 aliphatic rings. The Bertz CT molecular complexity index is 1450. The number of anilines is 2. The van der Waals surface area contributed by atoms with Gasteiger partial charge in [0.05, 0.1) is 34.6 Å². The first kappa shape index (κ1) is 31.7. The molecule has 0 saturated heterocycles. The summed E-state index contributed by atoms with van der Waals surface area (Å²) < 4.78 is 0. The third kappa shape index (κ3) is 9.13. The van der Waals surface area contributed by atoms with Crippen LogP contribution >= 0.6 is 0 Å². The minimum absolute atomic E-state index is 0.194. The highest BCUT2D eigenvalue weighted by molar-refractivity contribution is 6.04. The van der Waals surface area contributed by atoms with Crippen molar-refractivity contribution in [1.82, 2.24) is 10.6 Å². The summed E-state index contributed by atoms with van der Waals surface area (Å²) in [6.07, 6.45) is 1.35. The Morgan fingerprint density at radius 1 is 0.500 bits per heavy atom. The summed E-state index contributed by atoms with van der Waals surface area (Å²) in [4.78, 5) is 51.3. The first-order valence-corrected chi connectivity index (χ1v) is 14.8. The minimum atomic E-state index is -0.280. The molecule has 8 heteroatoms. The van der Waals surface area contributed by atoms with Crippen LogP contribution in [0.25, 0.3) is 0 Å². The lowest BCUT2D eigenvalue weighted by Gasteiger charge is -2.16.